The maximum absolute atomic E-state index is 13.0. The third-order valence-electron chi connectivity index (χ3n) is 2.99. The molecule has 18 heavy (non-hydrogen) atoms. The topological polar surface area (TPSA) is 24.1 Å². The Labute approximate surface area is 114 Å². The fraction of sp³-hybridized carbons (Fsp3) is 0.154. The molecule has 0 amide bonds. The summed E-state index contributed by atoms with van der Waals surface area (Å²) in [6, 6.07) is 10.8. The minimum absolute atomic E-state index is 0.0525. The maximum Gasteiger partial charge on any atom is 0.167 e. The fourth-order valence-corrected chi connectivity index (χ4v) is 3.21. The second-order valence-electron chi connectivity index (χ2n) is 4.14. The van der Waals surface area contributed by atoms with Crippen LogP contribution in [0.2, 0.25) is 0 Å². The Morgan fingerprint density at radius 2 is 1.78 bits per heavy atom. The molecule has 2 N–H and O–H groups in total. The summed E-state index contributed by atoms with van der Waals surface area (Å²) in [6.45, 7) is 0. The molecule has 0 spiro atoms. The van der Waals surface area contributed by atoms with Crippen LogP contribution in [-0.4, -0.2) is 5.11 Å². The van der Waals surface area contributed by atoms with Gasteiger partial charge in [-0.15, -0.1) is 11.3 Å². The molecule has 2 unspecified atom stereocenters. The van der Waals surface area contributed by atoms with E-state index < -0.39 is 0 Å². The van der Waals surface area contributed by atoms with Gasteiger partial charge in [-0.3, -0.25) is 0 Å². The zero-order valence-corrected chi connectivity index (χ0v) is 11.0. The first-order valence-electron chi connectivity index (χ1n) is 5.60. The first-order chi connectivity index (χ1) is 8.74. The van der Waals surface area contributed by atoms with Crippen molar-refractivity contribution in [1.82, 2.24) is 10.6 Å². The van der Waals surface area contributed by atoms with Crippen LogP contribution in [0.25, 0.3) is 0 Å². The molecule has 0 aliphatic carbocycles. The van der Waals surface area contributed by atoms with Crippen LogP contribution < -0.4 is 10.6 Å². The van der Waals surface area contributed by atoms with Crippen molar-refractivity contribution in [3.05, 3.63) is 58.0 Å². The number of halogens is 1. The van der Waals surface area contributed by atoms with Gasteiger partial charge in [0, 0.05) is 4.88 Å². The van der Waals surface area contributed by atoms with Crippen molar-refractivity contribution in [1.29, 1.82) is 0 Å². The normalized spacial score (nSPS) is 22.6. The molecule has 2 nitrogen and oxygen atoms in total. The standard InChI is InChI=1S/C13H11FN2S2/c14-9-5-3-8(4-6-9)11-12(16-13(17)15-11)10-2-1-7-18-10/h1-7,11-12H,(H2,15,16,17). The maximum atomic E-state index is 13.0. The fourth-order valence-electron chi connectivity index (χ4n) is 2.14. The highest BCUT2D eigenvalue weighted by Gasteiger charge is 2.32. The molecule has 1 fully saturated rings. The van der Waals surface area contributed by atoms with Crippen LogP contribution in [0.1, 0.15) is 22.5 Å². The molecule has 92 valence electrons. The lowest BCUT2D eigenvalue weighted by molar-refractivity contribution is 0.559. The van der Waals surface area contributed by atoms with Crippen LogP contribution >= 0.6 is 23.6 Å². The van der Waals surface area contributed by atoms with Crippen LogP contribution in [0.5, 0.6) is 0 Å². The Morgan fingerprint density at radius 1 is 1.06 bits per heavy atom. The molecule has 3 rings (SSSR count). The molecule has 2 heterocycles. The Hall–Kier alpha value is -1.46. The summed E-state index contributed by atoms with van der Waals surface area (Å²) in [5.74, 6) is -0.222. The summed E-state index contributed by atoms with van der Waals surface area (Å²) in [5.41, 5.74) is 1.03. The molecule has 0 saturated carbocycles. The van der Waals surface area contributed by atoms with Crippen LogP contribution in [0.4, 0.5) is 4.39 Å². The minimum Gasteiger partial charge on any atom is -0.353 e. The quantitative estimate of drug-likeness (QED) is 0.825. The van der Waals surface area contributed by atoms with E-state index in [1.807, 2.05) is 11.4 Å². The summed E-state index contributed by atoms with van der Waals surface area (Å²) in [4.78, 5) is 1.22. The van der Waals surface area contributed by atoms with E-state index in [1.54, 1.807) is 23.5 Å². The molecule has 1 aromatic carbocycles. The van der Waals surface area contributed by atoms with Gasteiger partial charge in [-0.1, -0.05) is 18.2 Å². The van der Waals surface area contributed by atoms with E-state index in [0.717, 1.165) is 5.56 Å². The molecule has 1 aliphatic rings. The van der Waals surface area contributed by atoms with Crippen molar-refractivity contribution in [3.63, 3.8) is 0 Å². The first kappa shape index (κ1) is 11.6. The first-order valence-corrected chi connectivity index (χ1v) is 6.89. The zero-order chi connectivity index (χ0) is 12.5. The van der Waals surface area contributed by atoms with Crippen molar-refractivity contribution in [2.75, 3.05) is 0 Å². The van der Waals surface area contributed by atoms with Gasteiger partial charge in [-0.25, -0.2) is 4.39 Å². The Morgan fingerprint density at radius 3 is 2.44 bits per heavy atom. The van der Waals surface area contributed by atoms with Crippen LogP contribution in [0.3, 0.4) is 0 Å². The van der Waals surface area contributed by atoms with E-state index in [4.69, 9.17) is 12.2 Å². The Kier molecular flexibility index (Phi) is 3.01. The molecule has 1 aliphatic heterocycles. The molecule has 0 bridgehead atoms. The number of thiocarbonyl (C=S) groups is 1. The van der Waals surface area contributed by atoms with Crippen LogP contribution in [-0.2, 0) is 0 Å². The average molecular weight is 278 g/mol. The van der Waals surface area contributed by atoms with E-state index in [1.165, 1.54) is 17.0 Å². The van der Waals surface area contributed by atoms with Gasteiger partial charge in [0.1, 0.15) is 5.82 Å². The van der Waals surface area contributed by atoms with Crippen LogP contribution in [0, 0.1) is 5.82 Å². The van der Waals surface area contributed by atoms with E-state index in [0.29, 0.717) is 5.11 Å². The predicted molar refractivity (Wildman–Crippen MR) is 75.1 cm³/mol. The second kappa shape index (κ2) is 4.66. The number of hydrogen-bond acceptors (Lipinski definition) is 2. The lowest BCUT2D eigenvalue weighted by Crippen LogP contribution is -2.21. The summed E-state index contributed by atoms with van der Waals surface area (Å²) in [7, 11) is 0. The molecule has 5 heteroatoms. The third-order valence-corrected chi connectivity index (χ3v) is 4.18. The average Bonchev–Trinajstić information content (AvgIpc) is 2.98. The lowest BCUT2D eigenvalue weighted by atomic mass is 10.00. The molecule has 2 atom stereocenters. The number of nitrogens with one attached hydrogen (secondary N) is 2. The number of benzene rings is 1. The van der Waals surface area contributed by atoms with Gasteiger partial charge in [0.15, 0.2) is 5.11 Å². The van der Waals surface area contributed by atoms with E-state index in [9.17, 15) is 4.39 Å². The van der Waals surface area contributed by atoms with Crippen molar-refractivity contribution < 1.29 is 4.39 Å². The van der Waals surface area contributed by atoms with E-state index in [2.05, 4.69) is 16.7 Å². The van der Waals surface area contributed by atoms with Crippen molar-refractivity contribution >= 4 is 28.7 Å². The van der Waals surface area contributed by atoms with Gasteiger partial charge in [-0.05, 0) is 41.4 Å². The summed E-state index contributed by atoms with van der Waals surface area (Å²) >= 11 is 6.87. The SMILES string of the molecule is Fc1ccc(C2NC(=S)NC2c2cccs2)cc1. The summed E-state index contributed by atoms with van der Waals surface area (Å²) in [5, 5.41) is 9.17. The van der Waals surface area contributed by atoms with Crippen molar-refractivity contribution in [2.24, 2.45) is 0 Å². The molecule has 1 saturated heterocycles. The van der Waals surface area contributed by atoms with Gasteiger partial charge in [-0.2, -0.15) is 0 Å². The highest BCUT2D eigenvalue weighted by atomic mass is 32.1. The predicted octanol–water partition coefficient (Wildman–Crippen LogP) is 3.15. The molecule has 0 radical (unpaired) electrons. The van der Waals surface area contributed by atoms with Gasteiger partial charge in [0.25, 0.3) is 0 Å². The highest BCUT2D eigenvalue weighted by molar-refractivity contribution is 7.80. The monoisotopic (exact) mass is 278 g/mol. The van der Waals surface area contributed by atoms with Gasteiger partial charge in [0.05, 0.1) is 12.1 Å². The molecule has 2 aromatic rings. The van der Waals surface area contributed by atoms with Crippen molar-refractivity contribution in [2.45, 2.75) is 12.1 Å². The van der Waals surface area contributed by atoms with Gasteiger partial charge >= 0.3 is 0 Å². The highest BCUT2D eigenvalue weighted by Crippen LogP contribution is 2.34. The van der Waals surface area contributed by atoms with Crippen molar-refractivity contribution in [3.8, 4) is 0 Å². The number of hydrogen-bond donors (Lipinski definition) is 2. The summed E-state index contributed by atoms with van der Waals surface area (Å²) < 4.78 is 13.0. The second-order valence-corrected chi connectivity index (χ2v) is 5.53. The molecule has 1 aromatic heterocycles. The Balaban J connectivity index is 1.94. The van der Waals surface area contributed by atoms with E-state index in [-0.39, 0.29) is 17.9 Å². The number of thiophene rings is 1. The Bertz CT molecular complexity index is 551. The zero-order valence-electron chi connectivity index (χ0n) is 9.39. The smallest absolute Gasteiger partial charge is 0.167 e. The molecular weight excluding hydrogens is 267 g/mol. The van der Waals surface area contributed by atoms with Gasteiger partial charge < -0.3 is 10.6 Å². The van der Waals surface area contributed by atoms with Crippen LogP contribution in [0.15, 0.2) is 41.8 Å². The third kappa shape index (κ3) is 2.11. The van der Waals surface area contributed by atoms with E-state index >= 15 is 0 Å². The van der Waals surface area contributed by atoms with Gasteiger partial charge in [0.2, 0.25) is 0 Å². The summed E-state index contributed by atoms with van der Waals surface area (Å²) in [6.07, 6.45) is 0. The molecular formula is C13H11FN2S2. The lowest BCUT2D eigenvalue weighted by Gasteiger charge is -2.17. The minimum atomic E-state index is -0.222. The largest absolute Gasteiger partial charge is 0.353 e. The number of rotatable bonds is 2.